The Bertz CT molecular complexity index is 970. The smallest absolute Gasteiger partial charge is 0.148 e. The van der Waals surface area contributed by atoms with Gasteiger partial charge in [-0.25, -0.2) is 4.39 Å². The average molecular weight is 396 g/mol. The molecule has 3 heterocycles. The van der Waals surface area contributed by atoms with Gasteiger partial charge in [-0.05, 0) is 54.3 Å². The number of benzene rings is 1. The number of anilines is 1. The van der Waals surface area contributed by atoms with Gasteiger partial charge in [0.05, 0.1) is 16.4 Å². The van der Waals surface area contributed by atoms with E-state index in [0.717, 1.165) is 31.1 Å². The molecule has 0 bridgehead atoms. The summed E-state index contributed by atoms with van der Waals surface area (Å²) in [7, 11) is 0. The van der Waals surface area contributed by atoms with Crippen LogP contribution in [0.5, 0.6) is 0 Å². The molecule has 7 heteroatoms. The van der Waals surface area contributed by atoms with Gasteiger partial charge in [-0.15, -0.1) is 10.2 Å². The van der Waals surface area contributed by atoms with Crippen molar-refractivity contribution in [3.63, 3.8) is 0 Å². The Hall–Kier alpha value is -2.57. The summed E-state index contributed by atoms with van der Waals surface area (Å²) >= 11 is 6.14. The van der Waals surface area contributed by atoms with Crippen LogP contribution in [0.2, 0.25) is 5.02 Å². The number of hydrogen-bond acceptors (Lipinski definition) is 5. The molecule has 1 N–H and O–H groups in total. The van der Waals surface area contributed by atoms with E-state index < -0.39 is 0 Å². The zero-order valence-electron chi connectivity index (χ0n) is 15.1. The Morgan fingerprint density at radius 3 is 2.64 bits per heavy atom. The summed E-state index contributed by atoms with van der Waals surface area (Å²) in [5.74, 6) is 1.68. The highest BCUT2D eigenvalue weighted by molar-refractivity contribution is 6.33. The summed E-state index contributed by atoms with van der Waals surface area (Å²) in [4.78, 5) is 6.86. The van der Waals surface area contributed by atoms with Gasteiger partial charge in [-0.2, -0.15) is 0 Å². The maximum absolute atomic E-state index is 13.5. The second-order valence-electron chi connectivity index (χ2n) is 7.44. The van der Waals surface area contributed by atoms with Gasteiger partial charge >= 0.3 is 0 Å². The lowest BCUT2D eigenvalue weighted by Crippen LogP contribution is -2.28. The number of nitrogens with zero attached hydrogens (tertiary/aromatic N) is 4. The number of aromatic nitrogens is 3. The first-order valence-corrected chi connectivity index (χ1v) is 9.73. The molecule has 1 aliphatic carbocycles. The molecule has 1 saturated carbocycles. The predicted molar refractivity (Wildman–Crippen MR) is 106 cm³/mol. The first-order valence-electron chi connectivity index (χ1n) is 9.35. The number of nitrogens with one attached hydrogen (secondary N) is 1. The fourth-order valence-corrected chi connectivity index (χ4v) is 4.31. The molecule has 2 aromatic heterocycles. The third kappa shape index (κ3) is 3.45. The third-order valence-electron chi connectivity index (χ3n) is 5.56. The lowest BCUT2D eigenvalue weighted by Gasteiger charge is -2.19. The van der Waals surface area contributed by atoms with Crippen LogP contribution in [0, 0.1) is 17.7 Å². The maximum atomic E-state index is 13.5. The molecule has 2 fully saturated rings. The molecule has 142 valence electrons. The van der Waals surface area contributed by atoms with Gasteiger partial charge in [0.2, 0.25) is 0 Å². The van der Waals surface area contributed by atoms with Crippen molar-refractivity contribution in [1.82, 2.24) is 20.1 Å². The van der Waals surface area contributed by atoms with Crippen molar-refractivity contribution in [2.75, 3.05) is 18.4 Å². The summed E-state index contributed by atoms with van der Waals surface area (Å²) in [6.07, 6.45) is 1.84. The molecule has 28 heavy (non-hydrogen) atoms. The SMILES string of the molecule is Fc1ccc(Cl)c(-c2ccc(N[C@@H]3[C@@H]4CN(Cc5ccccn5)C[C@@H]43)nn2)c1. The first-order chi connectivity index (χ1) is 13.7. The molecule has 5 nitrogen and oxygen atoms in total. The Balaban J connectivity index is 1.18. The topological polar surface area (TPSA) is 53.9 Å². The number of hydrogen-bond donors (Lipinski definition) is 1. The van der Waals surface area contributed by atoms with Crippen molar-refractivity contribution < 1.29 is 4.39 Å². The lowest BCUT2D eigenvalue weighted by atomic mass is 10.1. The van der Waals surface area contributed by atoms with Crippen LogP contribution in [0.4, 0.5) is 10.2 Å². The minimum Gasteiger partial charge on any atom is -0.365 e. The number of piperidine rings is 1. The number of fused-ring (bicyclic) bond motifs is 1. The van der Waals surface area contributed by atoms with Crippen LogP contribution in [-0.4, -0.2) is 39.2 Å². The highest BCUT2D eigenvalue weighted by atomic mass is 35.5. The van der Waals surface area contributed by atoms with Gasteiger partial charge < -0.3 is 5.32 Å². The van der Waals surface area contributed by atoms with Crippen LogP contribution >= 0.6 is 11.6 Å². The Labute approximate surface area is 167 Å². The van der Waals surface area contributed by atoms with Crippen LogP contribution in [-0.2, 0) is 6.54 Å². The highest BCUT2D eigenvalue weighted by Gasteiger charge is 2.55. The van der Waals surface area contributed by atoms with Crippen molar-refractivity contribution in [2.24, 2.45) is 11.8 Å². The lowest BCUT2D eigenvalue weighted by molar-refractivity contribution is 0.289. The largest absolute Gasteiger partial charge is 0.365 e. The minimum absolute atomic E-state index is 0.343. The van der Waals surface area contributed by atoms with Gasteiger partial charge in [0.25, 0.3) is 0 Å². The van der Waals surface area contributed by atoms with E-state index in [1.165, 1.54) is 18.2 Å². The van der Waals surface area contributed by atoms with Crippen molar-refractivity contribution in [3.8, 4) is 11.3 Å². The standard InChI is InChI=1S/C21H19ClFN5/c22-18-5-4-13(23)9-15(18)19-6-7-20(27-26-19)25-21-16-11-28(12-17(16)21)10-14-3-1-2-8-24-14/h1-9,16-17,21H,10-12H2,(H,25,27)/t16-,17+,21-. The van der Waals surface area contributed by atoms with E-state index in [0.29, 0.717) is 34.2 Å². The Kier molecular flexibility index (Phi) is 4.45. The van der Waals surface area contributed by atoms with Crippen molar-refractivity contribution in [2.45, 2.75) is 12.6 Å². The summed E-state index contributed by atoms with van der Waals surface area (Å²) in [5, 5.41) is 12.4. The number of rotatable bonds is 5. The van der Waals surface area contributed by atoms with E-state index in [-0.39, 0.29) is 5.82 Å². The van der Waals surface area contributed by atoms with Gasteiger partial charge in [0, 0.05) is 37.4 Å². The molecule has 0 unspecified atom stereocenters. The molecule has 1 saturated heterocycles. The fraction of sp³-hybridized carbons (Fsp3) is 0.286. The number of pyridine rings is 1. The van der Waals surface area contributed by atoms with Crippen molar-refractivity contribution in [1.29, 1.82) is 0 Å². The molecule has 5 rings (SSSR count). The van der Waals surface area contributed by atoms with E-state index in [2.05, 4.69) is 31.5 Å². The average Bonchev–Trinajstić information content (AvgIpc) is 3.15. The van der Waals surface area contributed by atoms with Gasteiger partial charge in [-0.1, -0.05) is 17.7 Å². The van der Waals surface area contributed by atoms with Crippen molar-refractivity contribution in [3.05, 3.63) is 71.3 Å². The van der Waals surface area contributed by atoms with E-state index in [1.807, 2.05) is 30.5 Å². The first kappa shape index (κ1) is 17.5. The monoisotopic (exact) mass is 395 g/mol. The van der Waals surface area contributed by atoms with Gasteiger partial charge in [-0.3, -0.25) is 9.88 Å². The zero-order valence-corrected chi connectivity index (χ0v) is 15.9. The van der Waals surface area contributed by atoms with Crippen molar-refractivity contribution >= 4 is 17.4 Å². The van der Waals surface area contributed by atoms with E-state index >= 15 is 0 Å². The van der Waals surface area contributed by atoms with Crippen LogP contribution in [0.25, 0.3) is 11.3 Å². The molecule has 1 aromatic carbocycles. The second kappa shape index (κ2) is 7.11. The predicted octanol–water partition coefficient (Wildman–Crippen LogP) is 3.87. The summed E-state index contributed by atoms with van der Waals surface area (Å²) in [6.45, 7) is 3.05. The molecule has 0 radical (unpaired) electrons. The molecule has 1 aliphatic heterocycles. The quantitative estimate of drug-likeness (QED) is 0.710. The number of likely N-dealkylation sites (tertiary alicyclic amines) is 1. The van der Waals surface area contributed by atoms with E-state index in [9.17, 15) is 4.39 Å². The molecular formula is C21H19ClFN5. The number of halogens is 2. The normalized spacial score (nSPS) is 23.4. The Morgan fingerprint density at radius 1 is 1.07 bits per heavy atom. The van der Waals surface area contributed by atoms with Crippen LogP contribution in [0.15, 0.2) is 54.7 Å². The van der Waals surface area contributed by atoms with Crippen LogP contribution in [0.3, 0.4) is 0 Å². The van der Waals surface area contributed by atoms with E-state index in [1.54, 1.807) is 0 Å². The third-order valence-corrected chi connectivity index (χ3v) is 5.89. The fourth-order valence-electron chi connectivity index (χ4n) is 4.10. The minimum atomic E-state index is -0.343. The zero-order chi connectivity index (χ0) is 19.1. The molecule has 3 aromatic rings. The summed E-state index contributed by atoms with van der Waals surface area (Å²) < 4.78 is 13.5. The molecule has 3 atom stereocenters. The van der Waals surface area contributed by atoms with Crippen LogP contribution < -0.4 is 5.32 Å². The summed E-state index contributed by atoms with van der Waals surface area (Å²) in [5.41, 5.74) is 2.23. The van der Waals surface area contributed by atoms with Gasteiger partial charge in [0.1, 0.15) is 11.6 Å². The molecule has 0 spiro atoms. The van der Waals surface area contributed by atoms with E-state index in [4.69, 9.17) is 11.6 Å². The highest BCUT2D eigenvalue weighted by Crippen LogP contribution is 2.47. The molecule has 2 aliphatic rings. The second-order valence-corrected chi connectivity index (χ2v) is 7.85. The molecular weight excluding hydrogens is 377 g/mol. The van der Waals surface area contributed by atoms with Crippen LogP contribution in [0.1, 0.15) is 5.69 Å². The molecule has 0 amide bonds. The summed E-state index contributed by atoms with van der Waals surface area (Å²) in [6, 6.07) is 14.4. The van der Waals surface area contributed by atoms with Gasteiger partial charge in [0.15, 0.2) is 0 Å². The Morgan fingerprint density at radius 2 is 1.93 bits per heavy atom. The maximum Gasteiger partial charge on any atom is 0.148 e.